The van der Waals surface area contributed by atoms with Crippen LogP contribution in [0.5, 0.6) is 0 Å². The molecule has 0 unspecified atom stereocenters. The molecule has 5 nitrogen and oxygen atoms in total. The molecule has 0 atom stereocenters. The predicted molar refractivity (Wildman–Crippen MR) is 116 cm³/mol. The molecule has 146 valence electrons. The first kappa shape index (κ1) is 19.0. The highest BCUT2D eigenvalue weighted by Gasteiger charge is 2.18. The van der Waals surface area contributed by atoms with Gasteiger partial charge in [0.15, 0.2) is 3.95 Å². The van der Waals surface area contributed by atoms with Crippen molar-refractivity contribution >= 4 is 40.1 Å². The molecule has 0 radical (unpaired) electrons. The summed E-state index contributed by atoms with van der Waals surface area (Å²) < 4.78 is 15.8. The number of benzene rings is 2. The molecule has 3 aromatic rings. The van der Waals surface area contributed by atoms with Crippen LogP contribution in [0, 0.1) is 16.7 Å². The molecule has 0 amide bonds. The van der Waals surface area contributed by atoms with E-state index in [-0.39, 0.29) is 5.82 Å². The van der Waals surface area contributed by atoms with E-state index in [1.165, 1.54) is 29.0 Å². The van der Waals surface area contributed by atoms with Crippen LogP contribution in [0.3, 0.4) is 0 Å². The minimum atomic E-state index is -0.199. The molecule has 1 fully saturated rings. The lowest BCUT2D eigenvalue weighted by Gasteiger charge is -2.35. The maximum atomic E-state index is 13.1. The molecule has 2 heterocycles. The fourth-order valence-electron chi connectivity index (χ4n) is 3.26. The van der Waals surface area contributed by atoms with Gasteiger partial charge < -0.3 is 10.2 Å². The third-order valence-electron chi connectivity index (χ3n) is 4.89. The Morgan fingerprint density at radius 2 is 1.79 bits per heavy atom. The van der Waals surface area contributed by atoms with E-state index in [9.17, 15) is 4.39 Å². The molecule has 0 bridgehead atoms. The van der Waals surface area contributed by atoms with Crippen molar-refractivity contribution in [3.63, 3.8) is 0 Å². The molecule has 4 rings (SSSR count). The maximum absolute atomic E-state index is 13.1. The molecule has 1 N–H and O–H groups in total. The van der Waals surface area contributed by atoms with Gasteiger partial charge in [0.05, 0.1) is 6.67 Å². The Kier molecular flexibility index (Phi) is 5.70. The van der Waals surface area contributed by atoms with Crippen LogP contribution >= 0.6 is 23.6 Å². The number of hydrogen-bond donors (Lipinski definition) is 1. The highest BCUT2D eigenvalue weighted by atomic mass is 32.1. The van der Waals surface area contributed by atoms with Crippen molar-refractivity contribution in [1.29, 1.82) is 0 Å². The molecule has 28 heavy (non-hydrogen) atoms. The molecule has 8 heteroatoms. The average molecular weight is 416 g/mol. The van der Waals surface area contributed by atoms with Crippen LogP contribution in [0.4, 0.5) is 20.9 Å². The number of aromatic nitrogens is 2. The van der Waals surface area contributed by atoms with Gasteiger partial charge in [-0.05, 0) is 55.0 Å². The lowest BCUT2D eigenvalue weighted by atomic mass is 10.2. The molecule has 2 aromatic carbocycles. The summed E-state index contributed by atoms with van der Waals surface area (Å²) in [5, 5.41) is 8.83. The normalized spacial score (nSPS) is 15.0. The van der Waals surface area contributed by atoms with Crippen LogP contribution in [0.2, 0.25) is 0 Å². The van der Waals surface area contributed by atoms with E-state index >= 15 is 0 Å². The number of piperazine rings is 1. The topological polar surface area (TPSA) is 36.3 Å². The summed E-state index contributed by atoms with van der Waals surface area (Å²) in [7, 11) is 0. The summed E-state index contributed by atoms with van der Waals surface area (Å²) in [4.78, 5) is 4.62. The molecule has 0 spiro atoms. The molecule has 1 saturated heterocycles. The predicted octanol–water partition coefficient (Wildman–Crippen LogP) is 4.64. The number of hydrogen-bond acceptors (Lipinski definition) is 6. The highest BCUT2D eigenvalue weighted by molar-refractivity contribution is 7.73. The molecule has 1 aliphatic heterocycles. The van der Waals surface area contributed by atoms with Gasteiger partial charge in [0, 0.05) is 37.6 Å². The lowest BCUT2D eigenvalue weighted by Crippen LogP contribution is -2.46. The van der Waals surface area contributed by atoms with Crippen LogP contribution in [0.1, 0.15) is 5.56 Å². The van der Waals surface area contributed by atoms with Gasteiger partial charge in [0.2, 0.25) is 5.13 Å². The number of aryl methyl sites for hydroxylation is 1. The van der Waals surface area contributed by atoms with Gasteiger partial charge in [0.1, 0.15) is 5.82 Å². The second kappa shape index (κ2) is 8.38. The summed E-state index contributed by atoms with van der Waals surface area (Å²) in [6.07, 6.45) is 0. The molecule has 1 aromatic heterocycles. The largest absolute Gasteiger partial charge is 0.369 e. The van der Waals surface area contributed by atoms with E-state index in [4.69, 9.17) is 12.2 Å². The van der Waals surface area contributed by atoms with E-state index < -0.39 is 0 Å². The summed E-state index contributed by atoms with van der Waals surface area (Å²) in [5.74, 6) is -0.199. The van der Waals surface area contributed by atoms with Gasteiger partial charge in [-0.2, -0.15) is 0 Å². The monoisotopic (exact) mass is 415 g/mol. The molecular weight excluding hydrogens is 393 g/mol. The van der Waals surface area contributed by atoms with Crippen molar-refractivity contribution in [2.75, 3.05) is 36.4 Å². The van der Waals surface area contributed by atoms with Crippen LogP contribution in [-0.2, 0) is 6.67 Å². The molecular formula is C20H22FN5S2. The van der Waals surface area contributed by atoms with Crippen LogP contribution in [0.15, 0.2) is 48.5 Å². The Hall–Kier alpha value is -2.29. The smallest absolute Gasteiger partial charge is 0.209 e. The Balaban J connectivity index is 1.36. The first-order valence-electron chi connectivity index (χ1n) is 9.22. The quantitative estimate of drug-likeness (QED) is 0.614. The number of para-hydroxylation sites is 1. The first-order chi connectivity index (χ1) is 13.6. The van der Waals surface area contributed by atoms with Crippen LogP contribution in [0.25, 0.3) is 0 Å². The zero-order valence-electron chi connectivity index (χ0n) is 15.6. The number of nitrogens with zero attached hydrogens (tertiary/aromatic N) is 4. The number of anilines is 3. The van der Waals surface area contributed by atoms with Gasteiger partial charge in [-0.25, -0.2) is 9.07 Å². The van der Waals surface area contributed by atoms with Crippen molar-refractivity contribution in [2.24, 2.45) is 0 Å². The van der Waals surface area contributed by atoms with Crippen molar-refractivity contribution in [3.05, 3.63) is 63.9 Å². The van der Waals surface area contributed by atoms with E-state index in [2.05, 4.69) is 33.2 Å². The average Bonchev–Trinajstić information content (AvgIpc) is 3.04. The summed E-state index contributed by atoms with van der Waals surface area (Å²) in [6, 6.07) is 14.8. The standard InChI is InChI=1S/C20H22FN5S2/c1-15-4-2-3-5-18(15)22-19-23-26(20(27)28-19)14-24-10-12-25(13-11-24)17-8-6-16(21)7-9-17/h2-9H,10-14H2,1H3,(H,22,23). The van der Waals surface area contributed by atoms with Crippen molar-refractivity contribution in [1.82, 2.24) is 14.7 Å². The third kappa shape index (κ3) is 4.40. The Labute approximate surface area is 173 Å². The lowest BCUT2D eigenvalue weighted by molar-refractivity contribution is 0.195. The molecule has 1 aliphatic rings. The van der Waals surface area contributed by atoms with Crippen LogP contribution in [-0.4, -0.2) is 40.9 Å². The zero-order valence-corrected chi connectivity index (χ0v) is 17.3. The van der Waals surface area contributed by atoms with Gasteiger partial charge in [-0.1, -0.05) is 29.5 Å². The van der Waals surface area contributed by atoms with Crippen molar-refractivity contribution < 1.29 is 4.39 Å². The van der Waals surface area contributed by atoms with Gasteiger partial charge in [-0.15, -0.1) is 5.10 Å². The van der Waals surface area contributed by atoms with Gasteiger partial charge >= 0.3 is 0 Å². The zero-order chi connectivity index (χ0) is 19.5. The minimum Gasteiger partial charge on any atom is -0.369 e. The SMILES string of the molecule is Cc1ccccc1Nc1nn(CN2CCN(c3ccc(F)cc3)CC2)c(=S)s1. The first-order valence-corrected chi connectivity index (χ1v) is 10.4. The fourth-order valence-corrected chi connectivity index (χ4v) is 4.27. The Morgan fingerprint density at radius 3 is 2.50 bits per heavy atom. The fraction of sp³-hybridized carbons (Fsp3) is 0.300. The highest BCUT2D eigenvalue weighted by Crippen LogP contribution is 2.23. The van der Waals surface area contributed by atoms with E-state index in [0.29, 0.717) is 6.67 Å². The number of nitrogens with one attached hydrogen (secondary N) is 1. The molecule has 0 saturated carbocycles. The maximum Gasteiger partial charge on any atom is 0.209 e. The Bertz CT molecular complexity index is 990. The second-order valence-electron chi connectivity index (χ2n) is 6.84. The second-order valence-corrected chi connectivity index (χ2v) is 8.46. The third-order valence-corrected chi connectivity index (χ3v) is 6.11. The van der Waals surface area contributed by atoms with Crippen molar-refractivity contribution in [2.45, 2.75) is 13.6 Å². The van der Waals surface area contributed by atoms with Crippen LogP contribution < -0.4 is 10.2 Å². The van der Waals surface area contributed by atoms with Crippen molar-refractivity contribution in [3.8, 4) is 0 Å². The minimum absolute atomic E-state index is 0.199. The van der Waals surface area contributed by atoms with Gasteiger partial charge in [0.25, 0.3) is 0 Å². The van der Waals surface area contributed by atoms with Gasteiger partial charge in [-0.3, -0.25) is 4.90 Å². The summed E-state index contributed by atoms with van der Waals surface area (Å²) in [6.45, 7) is 6.38. The summed E-state index contributed by atoms with van der Waals surface area (Å²) in [5.41, 5.74) is 3.29. The number of halogens is 1. The van der Waals surface area contributed by atoms with E-state index in [1.54, 1.807) is 0 Å². The summed E-state index contributed by atoms with van der Waals surface area (Å²) >= 11 is 7.00. The Morgan fingerprint density at radius 1 is 1.07 bits per heavy atom. The van der Waals surface area contributed by atoms with E-state index in [1.807, 2.05) is 35.0 Å². The molecule has 0 aliphatic carbocycles. The number of rotatable bonds is 5. The van der Waals surface area contributed by atoms with E-state index in [0.717, 1.165) is 46.6 Å².